The molecule has 0 amide bonds. The minimum atomic E-state index is -0.547. The van der Waals surface area contributed by atoms with E-state index in [0.717, 1.165) is 11.6 Å². The molecule has 0 aliphatic rings. The van der Waals surface area contributed by atoms with Gasteiger partial charge in [0.1, 0.15) is 11.6 Å². The van der Waals surface area contributed by atoms with E-state index in [2.05, 4.69) is 15.9 Å². The molecule has 2 aromatic carbocycles. The molecule has 19 heavy (non-hydrogen) atoms. The zero-order valence-corrected chi connectivity index (χ0v) is 12.4. The molecule has 4 heteroatoms. The highest BCUT2D eigenvalue weighted by molar-refractivity contribution is 9.09. The Morgan fingerprint density at radius 1 is 1.05 bits per heavy atom. The fourth-order valence-electron chi connectivity index (χ4n) is 2.04. The summed E-state index contributed by atoms with van der Waals surface area (Å²) >= 11 is 9.41. The highest BCUT2D eigenvalue weighted by Gasteiger charge is 2.13. The third-order valence-corrected chi connectivity index (χ3v) is 3.93. The summed E-state index contributed by atoms with van der Waals surface area (Å²) in [5, 5.41) is 1.36. The molecule has 0 saturated carbocycles. The smallest absolute Gasteiger partial charge is 0.126 e. The molecular formula is C15H12BrClF2. The number of alkyl halides is 1. The summed E-state index contributed by atoms with van der Waals surface area (Å²) in [7, 11) is 0. The summed E-state index contributed by atoms with van der Waals surface area (Å²) in [5.41, 5.74) is 1.69. The number of hydrogen-bond donors (Lipinski definition) is 0. The van der Waals surface area contributed by atoms with Crippen LogP contribution in [0, 0.1) is 11.6 Å². The summed E-state index contributed by atoms with van der Waals surface area (Å²) in [6.45, 7) is 0. The molecule has 2 aromatic rings. The first-order chi connectivity index (χ1) is 9.08. The predicted molar refractivity (Wildman–Crippen MR) is 78.0 cm³/mol. The van der Waals surface area contributed by atoms with Crippen LogP contribution in [0.3, 0.4) is 0 Å². The van der Waals surface area contributed by atoms with E-state index in [1.54, 1.807) is 6.07 Å². The van der Waals surface area contributed by atoms with Crippen molar-refractivity contribution in [3.05, 3.63) is 70.2 Å². The van der Waals surface area contributed by atoms with Crippen LogP contribution < -0.4 is 0 Å². The molecule has 100 valence electrons. The highest BCUT2D eigenvalue weighted by Crippen LogP contribution is 2.26. The van der Waals surface area contributed by atoms with Crippen LogP contribution in [0.15, 0.2) is 42.5 Å². The normalized spacial score (nSPS) is 12.4. The lowest BCUT2D eigenvalue weighted by Crippen LogP contribution is -2.05. The maximum Gasteiger partial charge on any atom is 0.126 e. The molecule has 0 N–H and O–H groups in total. The van der Waals surface area contributed by atoms with E-state index in [0.29, 0.717) is 22.3 Å². The minimum Gasteiger partial charge on any atom is -0.207 e. The van der Waals surface area contributed by atoms with E-state index in [4.69, 9.17) is 11.6 Å². The molecule has 1 unspecified atom stereocenters. The summed E-state index contributed by atoms with van der Waals surface area (Å²) < 4.78 is 26.4. The van der Waals surface area contributed by atoms with Crippen molar-refractivity contribution < 1.29 is 8.78 Å². The van der Waals surface area contributed by atoms with E-state index in [1.807, 2.05) is 18.2 Å². The Morgan fingerprint density at radius 3 is 2.32 bits per heavy atom. The van der Waals surface area contributed by atoms with Gasteiger partial charge < -0.3 is 0 Å². The number of benzene rings is 2. The second-order valence-electron chi connectivity index (χ2n) is 4.39. The highest BCUT2D eigenvalue weighted by atomic mass is 79.9. The van der Waals surface area contributed by atoms with Crippen LogP contribution in [0.4, 0.5) is 8.78 Å². The van der Waals surface area contributed by atoms with Crippen LogP contribution in [-0.2, 0) is 6.42 Å². The van der Waals surface area contributed by atoms with Gasteiger partial charge in [-0.25, -0.2) is 8.78 Å². The van der Waals surface area contributed by atoms with Gasteiger partial charge in [0.2, 0.25) is 0 Å². The van der Waals surface area contributed by atoms with Crippen molar-refractivity contribution in [3.8, 4) is 0 Å². The second-order valence-corrected chi connectivity index (χ2v) is 5.47. The molecule has 2 rings (SSSR count). The monoisotopic (exact) mass is 344 g/mol. The molecular weight excluding hydrogens is 334 g/mol. The molecule has 1 atom stereocenters. The van der Waals surface area contributed by atoms with Gasteiger partial charge in [-0.05, 0) is 47.7 Å². The molecule has 0 aromatic heterocycles. The molecule has 0 aliphatic heterocycles. The van der Waals surface area contributed by atoms with Gasteiger partial charge >= 0.3 is 0 Å². The lowest BCUT2D eigenvalue weighted by atomic mass is 9.93. The van der Waals surface area contributed by atoms with E-state index in [9.17, 15) is 8.78 Å². The Kier molecular flexibility index (Phi) is 4.94. The fraction of sp³-hybridized carbons (Fsp3) is 0.200. The summed E-state index contributed by atoms with van der Waals surface area (Å²) in [4.78, 5) is 0. The molecule has 0 aliphatic carbocycles. The van der Waals surface area contributed by atoms with Gasteiger partial charge in [-0.1, -0.05) is 39.7 Å². The third kappa shape index (κ3) is 4.02. The maximum absolute atomic E-state index is 13.2. The van der Waals surface area contributed by atoms with Crippen LogP contribution in [0.5, 0.6) is 0 Å². The standard InChI is InChI=1S/C15H12BrClF2/c16-9-12(11-2-1-3-13(17)7-11)4-10-5-14(18)8-15(19)6-10/h1-3,5-8,12H,4,9H2. The first-order valence-corrected chi connectivity index (χ1v) is 7.35. The molecule has 0 fully saturated rings. The Morgan fingerprint density at radius 2 is 1.74 bits per heavy atom. The molecule has 0 spiro atoms. The van der Waals surface area contributed by atoms with Crippen molar-refractivity contribution in [3.63, 3.8) is 0 Å². The Balaban J connectivity index is 2.23. The van der Waals surface area contributed by atoms with Gasteiger partial charge in [-0.15, -0.1) is 0 Å². The first kappa shape index (κ1) is 14.5. The Bertz CT molecular complexity index is 552. The average Bonchev–Trinajstić information content (AvgIpc) is 2.34. The first-order valence-electron chi connectivity index (χ1n) is 5.85. The van der Waals surface area contributed by atoms with E-state index < -0.39 is 11.6 Å². The lowest BCUT2D eigenvalue weighted by molar-refractivity contribution is 0.577. The average molecular weight is 346 g/mol. The lowest BCUT2D eigenvalue weighted by Gasteiger charge is -2.15. The van der Waals surface area contributed by atoms with Gasteiger partial charge in [-0.2, -0.15) is 0 Å². The van der Waals surface area contributed by atoms with Gasteiger partial charge in [0.15, 0.2) is 0 Å². The number of halogens is 4. The fourth-order valence-corrected chi connectivity index (χ4v) is 2.84. The van der Waals surface area contributed by atoms with Gasteiger partial charge in [-0.3, -0.25) is 0 Å². The van der Waals surface area contributed by atoms with Crippen LogP contribution in [-0.4, -0.2) is 5.33 Å². The number of rotatable bonds is 4. The Labute approximate surface area is 124 Å². The molecule has 0 saturated heterocycles. The van der Waals surface area contributed by atoms with Gasteiger partial charge in [0.05, 0.1) is 0 Å². The van der Waals surface area contributed by atoms with Crippen molar-refractivity contribution >= 4 is 27.5 Å². The Hall–Kier alpha value is -0.930. The summed E-state index contributed by atoms with van der Waals surface area (Å²) in [6.07, 6.45) is 0.556. The SMILES string of the molecule is Fc1cc(F)cc(CC(CBr)c2cccc(Cl)c2)c1. The second kappa shape index (κ2) is 6.49. The zero-order chi connectivity index (χ0) is 13.8. The van der Waals surface area contributed by atoms with Crippen LogP contribution >= 0.6 is 27.5 Å². The molecule has 0 radical (unpaired) electrons. The molecule has 0 bridgehead atoms. The summed E-state index contributed by atoms with van der Waals surface area (Å²) in [5.74, 6) is -0.969. The van der Waals surface area contributed by atoms with Crippen LogP contribution in [0.25, 0.3) is 0 Å². The van der Waals surface area contributed by atoms with E-state index >= 15 is 0 Å². The van der Waals surface area contributed by atoms with Crippen LogP contribution in [0.1, 0.15) is 17.0 Å². The van der Waals surface area contributed by atoms with Gasteiger partial charge in [0.25, 0.3) is 0 Å². The summed E-state index contributed by atoms with van der Waals surface area (Å²) in [6, 6.07) is 11.1. The molecule has 0 nitrogen and oxygen atoms in total. The topological polar surface area (TPSA) is 0 Å². The van der Waals surface area contributed by atoms with Crippen molar-refractivity contribution in [1.82, 2.24) is 0 Å². The van der Waals surface area contributed by atoms with Crippen molar-refractivity contribution in [1.29, 1.82) is 0 Å². The van der Waals surface area contributed by atoms with E-state index in [-0.39, 0.29) is 5.92 Å². The van der Waals surface area contributed by atoms with Crippen molar-refractivity contribution in [2.45, 2.75) is 12.3 Å². The number of hydrogen-bond acceptors (Lipinski definition) is 0. The largest absolute Gasteiger partial charge is 0.207 e. The third-order valence-electron chi connectivity index (χ3n) is 2.91. The van der Waals surface area contributed by atoms with E-state index in [1.165, 1.54) is 12.1 Å². The predicted octanol–water partition coefficient (Wildman–Crippen LogP) is 5.34. The zero-order valence-electron chi connectivity index (χ0n) is 10.0. The molecule has 0 heterocycles. The maximum atomic E-state index is 13.2. The minimum absolute atomic E-state index is 0.125. The van der Waals surface area contributed by atoms with Crippen molar-refractivity contribution in [2.24, 2.45) is 0 Å². The van der Waals surface area contributed by atoms with Crippen molar-refractivity contribution in [2.75, 3.05) is 5.33 Å². The quantitative estimate of drug-likeness (QED) is 0.656. The van der Waals surface area contributed by atoms with Crippen LogP contribution in [0.2, 0.25) is 5.02 Å². The van der Waals surface area contributed by atoms with Gasteiger partial charge in [0, 0.05) is 16.4 Å².